The van der Waals surface area contributed by atoms with E-state index in [2.05, 4.69) is 42.5 Å². The van der Waals surface area contributed by atoms with E-state index in [-0.39, 0.29) is 5.91 Å². The summed E-state index contributed by atoms with van der Waals surface area (Å²) < 4.78 is 1.93. The van der Waals surface area contributed by atoms with Crippen molar-refractivity contribution < 1.29 is 4.79 Å². The van der Waals surface area contributed by atoms with Gasteiger partial charge in [0.2, 0.25) is 5.91 Å². The molecule has 140 valence electrons. The van der Waals surface area contributed by atoms with Crippen molar-refractivity contribution in [2.75, 3.05) is 5.75 Å². The predicted molar refractivity (Wildman–Crippen MR) is 112 cm³/mol. The van der Waals surface area contributed by atoms with Crippen molar-refractivity contribution in [1.82, 2.24) is 15.1 Å². The van der Waals surface area contributed by atoms with Crippen molar-refractivity contribution in [1.29, 1.82) is 0 Å². The molecule has 3 aromatic rings. The molecule has 3 rings (SSSR count). The van der Waals surface area contributed by atoms with Crippen LogP contribution in [-0.4, -0.2) is 21.4 Å². The largest absolute Gasteiger partial charge is 0.351 e. The van der Waals surface area contributed by atoms with Gasteiger partial charge in [-0.25, -0.2) is 4.68 Å². The zero-order valence-electron chi connectivity index (χ0n) is 16.2. The van der Waals surface area contributed by atoms with Crippen LogP contribution in [0.2, 0.25) is 0 Å². The highest BCUT2D eigenvalue weighted by Gasteiger charge is 2.13. The van der Waals surface area contributed by atoms with E-state index in [1.165, 1.54) is 11.1 Å². The third-order valence-corrected chi connectivity index (χ3v) is 5.75. The van der Waals surface area contributed by atoms with Gasteiger partial charge in [-0.1, -0.05) is 24.3 Å². The molecule has 1 N–H and O–H groups in total. The second-order valence-corrected chi connectivity index (χ2v) is 7.76. The maximum atomic E-state index is 12.3. The maximum absolute atomic E-state index is 12.3. The van der Waals surface area contributed by atoms with E-state index >= 15 is 0 Å². The molecule has 0 radical (unpaired) electrons. The molecule has 0 saturated carbocycles. The van der Waals surface area contributed by atoms with E-state index in [9.17, 15) is 4.79 Å². The Labute approximate surface area is 165 Å². The molecule has 1 heterocycles. The van der Waals surface area contributed by atoms with Gasteiger partial charge in [0.15, 0.2) is 0 Å². The summed E-state index contributed by atoms with van der Waals surface area (Å²) >= 11 is 1.56. The van der Waals surface area contributed by atoms with Gasteiger partial charge < -0.3 is 5.32 Å². The van der Waals surface area contributed by atoms with E-state index in [1.54, 1.807) is 11.8 Å². The van der Waals surface area contributed by atoms with Crippen LogP contribution in [-0.2, 0) is 11.3 Å². The van der Waals surface area contributed by atoms with Gasteiger partial charge in [-0.3, -0.25) is 4.79 Å². The first-order chi connectivity index (χ1) is 13.0. The third kappa shape index (κ3) is 4.61. The fourth-order valence-corrected chi connectivity index (χ4v) is 3.77. The Morgan fingerprint density at radius 1 is 1.04 bits per heavy atom. The van der Waals surface area contributed by atoms with Gasteiger partial charge in [0.05, 0.1) is 17.1 Å². The molecule has 0 aliphatic rings. The van der Waals surface area contributed by atoms with Gasteiger partial charge in [-0.15, -0.1) is 11.8 Å². The van der Waals surface area contributed by atoms with E-state index in [1.807, 2.05) is 48.9 Å². The lowest BCUT2D eigenvalue weighted by molar-refractivity contribution is -0.118. The average molecular weight is 380 g/mol. The number of hydrogen-bond donors (Lipinski definition) is 1. The minimum atomic E-state index is 0.0319. The van der Waals surface area contributed by atoms with Crippen LogP contribution < -0.4 is 5.32 Å². The Hall–Kier alpha value is -2.53. The molecule has 4 nitrogen and oxygen atoms in total. The molecule has 0 fully saturated rings. The topological polar surface area (TPSA) is 46.9 Å². The zero-order chi connectivity index (χ0) is 19.4. The van der Waals surface area contributed by atoms with E-state index in [4.69, 9.17) is 0 Å². The number of nitrogens with one attached hydrogen (secondary N) is 1. The highest BCUT2D eigenvalue weighted by atomic mass is 32.2. The number of amides is 1. The molecule has 0 bridgehead atoms. The summed E-state index contributed by atoms with van der Waals surface area (Å²) in [5, 5.41) is 7.66. The van der Waals surface area contributed by atoms with Crippen molar-refractivity contribution in [3.63, 3.8) is 0 Å². The molecule has 27 heavy (non-hydrogen) atoms. The number of benzene rings is 2. The van der Waals surface area contributed by atoms with Crippen molar-refractivity contribution in [3.8, 4) is 5.69 Å². The summed E-state index contributed by atoms with van der Waals surface area (Å²) in [6.45, 7) is 8.71. The zero-order valence-corrected chi connectivity index (χ0v) is 17.1. The van der Waals surface area contributed by atoms with Crippen LogP contribution in [0, 0.1) is 27.7 Å². The second kappa shape index (κ2) is 8.44. The number of hydrogen-bond acceptors (Lipinski definition) is 3. The first kappa shape index (κ1) is 19.2. The summed E-state index contributed by atoms with van der Waals surface area (Å²) in [4.78, 5) is 13.4. The number of thioether (sulfide) groups is 1. The van der Waals surface area contributed by atoms with Crippen LogP contribution in [0.5, 0.6) is 0 Å². The Kier molecular flexibility index (Phi) is 6.01. The lowest BCUT2D eigenvalue weighted by Crippen LogP contribution is -2.25. The molecule has 1 aromatic heterocycles. The Balaban J connectivity index is 1.60. The van der Waals surface area contributed by atoms with Crippen molar-refractivity contribution in [2.45, 2.75) is 39.1 Å². The lowest BCUT2D eigenvalue weighted by Gasteiger charge is -2.08. The van der Waals surface area contributed by atoms with Crippen molar-refractivity contribution in [2.24, 2.45) is 0 Å². The highest BCUT2D eigenvalue weighted by Crippen LogP contribution is 2.21. The number of nitrogens with zero attached hydrogens (tertiary/aromatic N) is 2. The Morgan fingerprint density at radius 3 is 2.48 bits per heavy atom. The molecular formula is C22H25N3OS. The molecule has 0 spiro atoms. The molecule has 2 aromatic carbocycles. The molecule has 1 amide bonds. The predicted octanol–water partition coefficient (Wildman–Crippen LogP) is 4.51. The first-order valence-corrected chi connectivity index (χ1v) is 10.0. The molecule has 0 unspecified atom stereocenters. The van der Waals surface area contributed by atoms with Gasteiger partial charge in [0.25, 0.3) is 0 Å². The van der Waals surface area contributed by atoms with Crippen LogP contribution >= 0.6 is 11.8 Å². The number of aryl methyl sites for hydroxylation is 3. The smallest absolute Gasteiger partial charge is 0.230 e. The van der Waals surface area contributed by atoms with E-state index in [0.29, 0.717) is 12.3 Å². The SMILES string of the molecule is Cc1ccc(SCC(=O)NCc2c(C)nn(-c3ccccc3)c2C)cc1C. The van der Waals surface area contributed by atoms with Crippen LogP contribution in [0.3, 0.4) is 0 Å². The van der Waals surface area contributed by atoms with Crippen LogP contribution in [0.1, 0.15) is 28.1 Å². The van der Waals surface area contributed by atoms with Gasteiger partial charge in [0.1, 0.15) is 0 Å². The summed E-state index contributed by atoms with van der Waals surface area (Å²) in [6, 6.07) is 16.3. The van der Waals surface area contributed by atoms with Crippen molar-refractivity contribution >= 4 is 17.7 Å². The highest BCUT2D eigenvalue weighted by molar-refractivity contribution is 8.00. The van der Waals surface area contributed by atoms with Gasteiger partial charge in [-0.05, 0) is 63.1 Å². The monoisotopic (exact) mass is 379 g/mol. The summed E-state index contributed by atoms with van der Waals surface area (Å²) in [5.41, 5.74) is 6.62. The second-order valence-electron chi connectivity index (χ2n) is 6.71. The van der Waals surface area contributed by atoms with Gasteiger partial charge >= 0.3 is 0 Å². The van der Waals surface area contributed by atoms with E-state index in [0.717, 1.165) is 27.5 Å². The third-order valence-electron chi connectivity index (χ3n) is 4.75. The van der Waals surface area contributed by atoms with Crippen LogP contribution in [0.4, 0.5) is 0 Å². The fraction of sp³-hybridized carbons (Fsp3) is 0.273. The Bertz CT molecular complexity index is 948. The molecule has 5 heteroatoms. The van der Waals surface area contributed by atoms with Crippen LogP contribution in [0.25, 0.3) is 5.69 Å². The minimum Gasteiger partial charge on any atom is -0.351 e. The quantitative estimate of drug-likeness (QED) is 0.641. The summed E-state index contributed by atoms with van der Waals surface area (Å²) in [7, 11) is 0. The van der Waals surface area contributed by atoms with Gasteiger partial charge in [0, 0.05) is 22.7 Å². The van der Waals surface area contributed by atoms with E-state index < -0.39 is 0 Å². The fourth-order valence-electron chi connectivity index (χ4n) is 2.94. The maximum Gasteiger partial charge on any atom is 0.230 e. The number of carbonyl (C=O) groups excluding carboxylic acids is 1. The molecule has 0 aliphatic heterocycles. The Morgan fingerprint density at radius 2 is 1.78 bits per heavy atom. The average Bonchev–Trinajstić information content (AvgIpc) is 2.95. The minimum absolute atomic E-state index is 0.0319. The molecule has 0 atom stereocenters. The molecule has 0 aliphatic carbocycles. The summed E-state index contributed by atoms with van der Waals surface area (Å²) in [6.07, 6.45) is 0. The lowest BCUT2D eigenvalue weighted by atomic mass is 10.1. The number of rotatable bonds is 6. The number of aromatic nitrogens is 2. The van der Waals surface area contributed by atoms with Crippen molar-refractivity contribution in [3.05, 3.63) is 76.6 Å². The standard InChI is InChI=1S/C22H25N3OS/c1-15-10-11-20(12-16(15)2)27-14-22(26)23-13-21-17(3)24-25(18(21)4)19-8-6-5-7-9-19/h5-12H,13-14H2,1-4H3,(H,23,26). The number of carbonyl (C=O) groups is 1. The number of para-hydroxylation sites is 1. The summed E-state index contributed by atoms with van der Waals surface area (Å²) in [5.74, 6) is 0.442. The van der Waals surface area contributed by atoms with Gasteiger partial charge in [-0.2, -0.15) is 5.10 Å². The molecular weight excluding hydrogens is 354 g/mol. The van der Waals surface area contributed by atoms with Crippen LogP contribution in [0.15, 0.2) is 53.4 Å². The molecule has 0 saturated heterocycles. The normalized spacial score (nSPS) is 10.8. The first-order valence-electron chi connectivity index (χ1n) is 9.03.